The van der Waals surface area contributed by atoms with Crippen molar-refractivity contribution in [3.05, 3.63) is 58.9 Å². The number of nitrogens with zero attached hydrogens (tertiary/aromatic N) is 5. The predicted molar refractivity (Wildman–Crippen MR) is 121 cm³/mol. The SMILES string of the molecule is Cc1cccc2c1CN(c1cc(C(C)Sc3nncn3C)cc(NC(C)CO)n1)C2=O. The summed E-state index contributed by atoms with van der Waals surface area (Å²) in [6.45, 7) is 6.47. The van der Waals surface area contributed by atoms with E-state index in [1.165, 1.54) is 0 Å². The molecule has 8 nitrogen and oxygen atoms in total. The van der Waals surface area contributed by atoms with Gasteiger partial charge in [0.15, 0.2) is 5.16 Å². The molecule has 162 valence electrons. The van der Waals surface area contributed by atoms with Crippen LogP contribution in [0.5, 0.6) is 0 Å². The van der Waals surface area contributed by atoms with E-state index < -0.39 is 0 Å². The Bertz CT molecular complexity index is 1120. The fourth-order valence-corrected chi connectivity index (χ4v) is 4.46. The standard InChI is InChI=1S/C22H26N6O2S/c1-13-6-5-7-17-18(13)10-28(21(17)30)20-9-16(8-19(25-20)24-14(2)11-29)15(3)31-22-26-23-12-27(22)4/h5-9,12,14-15,29H,10-11H2,1-4H3,(H,24,25). The quantitative estimate of drug-likeness (QED) is 0.546. The lowest BCUT2D eigenvalue weighted by Gasteiger charge is -2.21. The van der Waals surface area contributed by atoms with Gasteiger partial charge in [0.05, 0.1) is 13.2 Å². The number of carbonyl (C=O) groups is 1. The molecule has 9 heteroatoms. The second-order valence-corrected chi connectivity index (χ2v) is 9.16. The van der Waals surface area contributed by atoms with Crippen LogP contribution in [0.2, 0.25) is 0 Å². The van der Waals surface area contributed by atoms with Crippen LogP contribution in [0.1, 0.15) is 46.1 Å². The minimum absolute atomic E-state index is 0.0161. The largest absolute Gasteiger partial charge is 0.394 e. The first-order chi connectivity index (χ1) is 14.9. The summed E-state index contributed by atoms with van der Waals surface area (Å²) in [5.74, 6) is 1.18. The number of pyridine rings is 1. The molecule has 2 atom stereocenters. The number of aliphatic hydroxyl groups excluding tert-OH is 1. The van der Waals surface area contributed by atoms with Crippen LogP contribution in [0.25, 0.3) is 0 Å². The molecule has 0 radical (unpaired) electrons. The molecule has 4 rings (SSSR count). The summed E-state index contributed by atoms with van der Waals surface area (Å²) in [6, 6.07) is 9.56. The van der Waals surface area contributed by atoms with Crippen LogP contribution in [0, 0.1) is 6.92 Å². The highest BCUT2D eigenvalue weighted by atomic mass is 32.2. The van der Waals surface area contributed by atoms with Crippen molar-refractivity contribution < 1.29 is 9.90 Å². The topological polar surface area (TPSA) is 96.2 Å². The summed E-state index contributed by atoms with van der Waals surface area (Å²) in [5, 5.41) is 21.7. The number of carbonyl (C=O) groups excluding carboxylic acids is 1. The number of rotatable bonds is 7. The summed E-state index contributed by atoms with van der Waals surface area (Å²) in [5.41, 5.74) is 3.88. The van der Waals surface area contributed by atoms with Crippen molar-refractivity contribution in [2.24, 2.45) is 7.05 Å². The molecule has 0 spiro atoms. The number of thioether (sulfide) groups is 1. The molecule has 31 heavy (non-hydrogen) atoms. The molecule has 0 bridgehead atoms. The fraction of sp³-hybridized carbons (Fsp3) is 0.364. The van der Waals surface area contributed by atoms with Crippen molar-refractivity contribution in [2.45, 2.75) is 43.8 Å². The first-order valence-electron chi connectivity index (χ1n) is 10.2. The second kappa shape index (κ2) is 8.68. The molecule has 0 fully saturated rings. The van der Waals surface area contributed by atoms with Gasteiger partial charge in [-0.15, -0.1) is 10.2 Å². The van der Waals surface area contributed by atoms with Gasteiger partial charge in [-0.3, -0.25) is 9.69 Å². The monoisotopic (exact) mass is 438 g/mol. The van der Waals surface area contributed by atoms with E-state index in [9.17, 15) is 9.90 Å². The Morgan fingerprint density at radius 1 is 1.29 bits per heavy atom. The van der Waals surface area contributed by atoms with E-state index in [4.69, 9.17) is 4.98 Å². The maximum Gasteiger partial charge on any atom is 0.260 e. The van der Waals surface area contributed by atoms with Gasteiger partial charge in [-0.05, 0) is 55.7 Å². The number of anilines is 2. The van der Waals surface area contributed by atoms with Crippen molar-refractivity contribution >= 4 is 29.3 Å². The molecule has 1 amide bonds. The molecule has 2 N–H and O–H groups in total. The number of aromatic nitrogens is 4. The molecular formula is C22H26N6O2S. The lowest BCUT2D eigenvalue weighted by Crippen LogP contribution is -2.26. The molecule has 0 saturated carbocycles. The third-order valence-corrected chi connectivity index (χ3v) is 6.61. The number of aryl methyl sites for hydroxylation is 2. The van der Waals surface area contributed by atoms with Gasteiger partial charge in [0.1, 0.15) is 18.0 Å². The third kappa shape index (κ3) is 4.28. The second-order valence-electron chi connectivity index (χ2n) is 7.85. The number of fused-ring (bicyclic) bond motifs is 1. The number of nitrogens with one attached hydrogen (secondary N) is 1. The summed E-state index contributed by atoms with van der Waals surface area (Å²) in [4.78, 5) is 19.5. The summed E-state index contributed by atoms with van der Waals surface area (Å²) >= 11 is 1.59. The highest BCUT2D eigenvalue weighted by Gasteiger charge is 2.31. The predicted octanol–water partition coefficient (Wildman–Crippen LogP) is 3.32. The zero-order valence-corrected chi connectivity index (χ0v) is 18.8. The van der Waals surface area contributed by atoms with Gasteiger partial charge in [-0.25, -0.2) is 4.98 Å². The van der Waals surface area contributed by atoms with Crippen LogP contribution in [0.15, 0.2) is 41.8 Å². The van der Waals surface area contributed by atoms with Crippen LogP contribution in [-0.4, -0.2) is 43.4 Å². The van der Waals surface area contributed by atoms with Gasteiger partial charge in [0, 0.05) is 23.9 Å². The average molecular weight is 439 g/mol. The molecule has 2 aromatic heterocycles. The van der Waals surface area contributed by atoms with Crippen LogP contribution in [0.4, 0.5) is 11.6 Å². The van der Waals surface area contributed by atoms with E-state index in [-0.39, 0.29) is 23.8 Å². The lowest BCUT2D eigenvalue weighted by molar-refractivity contribution is 0.0996. The van der Waals surface area contributed by atoms with Gasteiger partial charge in [0.2, 0.25) is 0 Å². The van der Waals surface area contributed by atoms with Crippen LogP contribution in [-0.2, 0) is 13.6 Å². The van der Waals surface area contributed by atoms with Crippen LogP contribution in [0.3, 0.4) is 0 Å². The van der Waals surface area contributed by atoms with Crippen molar-refractivity contribution in [3.63, 3.8) is 0 Å². The number of hydrogen-bond acceptors (Lipinski definition) is 7. The average Bonchev–Trinajstić information content (AvgIpc) is 3.31. The lowest BCUT2D eigenvalue weighted by atomic mass is 10.1. The van der Waals surface area contributed by atoms with E-state index in [0.717, 1.165) is 27.4 Å². The number of hydrogen-bond donors (Lipinski definition) is 2. The molecule has 0 aliphatic carbocycles. The molecule has 1 aromatic carbocycles. The molecule has 1 aliphatic heterocycles. The summed E-state index contributed by atoms with van der Waals surface area (Å²) < 4.78 is 1.87. The highest BCUT2D eigenvalue weighted by molar-refractivity contribution is 7.99. The van der Waals surface area contributed by atoms with Gasteiger partial charge in [-0.2, -0.15) is 0 Å². The molecule has 0 saturated heterocycles. The number of benzene rings is 1. The Kier molecular flexibility index (Phi) is 5.97. The van der Waals surface area contributed by atoms with E-state index in [2.05, 4.69) is 22.4 Å². The van der Waals surface area contributed by atoms with Crippen molar-refractivity contribution in [1.29, 1.82) is 0 Å². The zero-order chi connectivity index (χ0) is 22.1. The van der Waals surface area contributed by atoms with Gasteiger partial charge < -0.3 is 15.0 Å². The molecule has 3 heterocycles. The summed E-state index contributed by atoms with van der Waals surface area (Å²) in [7, 11) is 1.91. The van der Waals surface area contributed by atoms with Crippen molar-refractivity contribution in [2.75, 3.05) is 16.8 Å². The molecular weight excluding hydrogens is 412 g/mol. The van der Waals surface area contributed by atoms with Gasteiger partial charge >= 0.3 is 0 Å². The molecule has 1 aliphatic rings. The first kappa shape index (κ1) is 21.3. The summed E-state index contributed by atoms with van der Waals surface area (Å²) in [6.07, 6.45) is 1.67. The Morgan fingerprint density at radius 2 is 2.10 bits per heavy atom. The molecule has 3 aromatic rings. The molecule has 2 unspecified atom stereocenters. The Morgan fingerprint density at radius 3 is 2.77 bits per heavy atom. The first-order valence-corrected chi connectivity index (χ1v) is 11.1. The highest BCUT2D eigenvalue weighted by Crippen LogP contribution is 2.37. The van der Waals surface area contributed by atoms with E-state index >= 15 is 0 Å². The third-order valence-electron chi connectivity index (χ3n) is 5.40. The van der Waals surface area contributed by atoms with Gasteiger partial charge in [-0.1, -0.05) is 23.9 Å². The van der Waals surface area contributed by atoms with Gasteiger partial charge in [0.25, 0.3) is 5.91 Å². The van der Waals surface area contributed by atoms with E-state index in [0.29, 0.717) is 18.2 Å². The van der Waals surface area contributed by atoms with Crippen LogP contribution < -0.4 is 10.2 Å². The minimum atomic E-state index is -0.161. The Labute approximate surface area is 185 Å². The zero-order valence-electron chi connectivity index (χ0n) is 18.0. The van der Waals surface area contributed by atoms with E-state index in [1.54, 1.807) is 23.0 Å². The minimum Gasteiger partial charge on any atom is -0.394 e. The van der Waals surface area contributed by atoms with E-state index in [1.807, 2.05) is 55.8 Å². The van der Waals surface area contributed by atoms with Crippen molar-refractivity contribution in [1.82, 2.24) is 19.7 Å². The number of amides is 1. The Balaban J connectivity index is 1.69. The van der Waals surface area contributed by atoms with Crippen molar-refractivity contribution in [3.8, 4) is 0 Å². The fourth-order valence-electron chi connectivity index (χ4n) is 3.56. The smallest absolute Gasteiger partial charge is 0.260 e. The van der Waals surface area contributed by atoms with Crippen LogP contribution >= 0.6 is 11.8 Å². The maximum atomic E-state index is 13.1. The number of aliphatic hydroxyl groups is 1. The maximum absolute atomic E-state index is 13.1. The Hall–Kier alpha value is -2.91. The normalized spacial score (nSPS) is 15.1.